The largest absolute Gasteiger partial charge is 0.391 e. The van der Waals surface area contributed by atoms with Crippen LogP contribution in [0, 0.1) is 6.92 Å². The summed E-state index contributed by atoms with van der Waals surface area (Å²) >= 11 is 5.69. The molecule has 0 aromatic carbocycles. The van der Waals surface area contributed by atoms with Crippen molar-refractivity contribution in [3.63, 3.8) is 0 Å². The highest BCUT2D eigenvalue weighted by Crippen LogP contribution is 2.15. The molecule has 0 spiro atoms. The van der Waals surface area contributed by atoms with E-state index < -0.39 is 6.10 Å². The predicted octanol–water partition coefficient (Wildman–Crippen LogP) is 2.01. The van der Waals surface area contributed by atoms with Crippen LogP contribution in [0.4, 0.5) is 5.82 Å². The van der Waals surface area contributed by atoms with Gasteiger partial charge in [-0.1, -0.05) is 6.92 Å². The van der Waals surface area contributed by atoms with Crippen molar-refractivity contribution in [1.29, 1.82) is 0 Å². The number of aromatic nitrogens is 2. The maximum Gasteiger partial charge on any atom is 0.224 e. The van der Waals surface area contributed by atoms with E-state index in [-0.39, 0.29) is 11.3 Å². The number of aliphatic hydroxyl groups excluding tert-OH is 1. The maximum atomic E-state index is 9.61. The molecule has 2 atom stereocenters. The summed E-state index contributed by atoms with van der Waals surface area (Å²) in [6, 6.07) is -0.0559. The van der Waals surface area contributed by atoms with Crippen LogP contribution in [-0.4, -0.2) is 27.2 Å². The molecule has 0 aliphatic carbocycles. The van der Waals surface area contributed by atoms with Crippen LogP contribution in [0.2, 0.25) is 5.28 Å². The lowest BCUT2D eigenvalue weighted by Crippen LogP contribution is -2.30. The van der Waals surface area contributed by atoms with E-state index in [1.165, 1.54) is 0 Å². The van der Waals surface area contributed by atoms with Crippen LogP contribution >= 0.6 is 11.6 Å². The summed E-state index contributed by atoms with van der Waals surface area (Å²) in [6.45, 7) is 5.73. The van der Waals surface area contributed by atoms with Crippen LogP contribution in [0.25, 0.3) is 0 Å². The van der Waals surface area contributed by atoms with Gasteiger partial charge < -0.3 is 10.4 Å². The van der Waals surface area contributed by atoms with Crippen molar-refractivity contribution in [1.82, 2.24) is 9.97 Å². The first-order valence-corrected chi connectivity index (χ1v) is 5.36. The fraction of sp³-hybridized carbons (Fsp3) is 0.600. The van der Waals surface area contributed by atoms with Crippen molar-refractivity contribution in [3.8, 4) is 0 Å². The quantitative estimate of drug-likeness (QED) is 0.776. The zero-order valence-corrected chi connectivity index (χ0v) is 9.91. The summed E-state index contributed by atoms with van der Waals surface area (Å²) in [4.78, 5) is 7.92. The van der Waals surface area contributed by atoms with Crippen molar-refractivity contribution in [2.24, 2.45) is 0 Å². The van der Waals surface area contributed by atoms with Gasteiger partial charge in [0.15, 0.2) is 0 Å². The second-order valence-electron chi connectivity index (χ2n) is 3.58. The van der Waals surface area contributed by atoms with Crippen molar-refractivity contribution in [2.75, 3.05) is 5.32 Å². The van der Waals surface area contributed by atoms with E-state index in [0.29, 0.717) is 12.2 Å². The van der Waals surface area contributed by atoms with E-state index in [0.717, 1.165) is 5.56 Å². The molecule has 0 aliphatic rings. The average molecular weight is 230 g/mol. The molecule has 2 unspecified atom stereocenters. The molecule has 0 saturated carbocycles. The van der Waals surface area contributed by atoms with Crippen molar-refractivity contribution >= 4 is 17.4 Å². The Morgan fingerprint density at radius 2 is 2.27 bits per heavy atom. The molecule has 0 amide bonds. The van der Waals surface area contributed by atoms with E-state index in [9.17, 15) is 5.11 Å². The van der Waals surface area contributed by atoms with Gasteiger partial charge in [-0.05, 0) is 31.9 Å². The smallest absolute Gasteiger partial charge is 0.224 e. The topological polar surface area (TPSA) is 58.0 Å². The first kappa shape index (κ1) is 12.2. The van der Waals surface area contributed by atoms with Crippen molar-refractivity contribution < 1.29 is 5.11 Å². The molecule has 0 fully saturated rings. The molecule has 1 aromatic heterocycles. The monoisotopic (exact) mass is 229 g/mol. The van der Waals surface area contributed by atoms with E-state index in [1.54, 1.807) is 6.20 Å². The average Bonchev–Trinajstić information content (AvgIpc) is 2.22. The minimum absolute atomic E-state index is 0.0559. The van der Waals surface area contributed by atoms with Crippen LogP contribution in [0.3, 0.4) is 0 Å². The Morgan fingerprint density at radius 3 is 2.87 bits per heavy atom. The predicted molar refractivity (Wildman–Crippen MR) is 61.2 cm³/mol. The molecule has 84 valence electrons. The SMILES string of the molecule is CCC(O)C(C)Nc1nc(Cl)ncc1C. The molecule has 1 heterocycles. The van der Waals surface area contributed by atoms with Gasteiger partial charge in [-0.3, -0.25) is 0 Å². The number of hydrogen-bond acceptors (Lipinski definition) is 4. The molecular formula is C10H16ClN3O. The van der Waals surface area contributed by atoms with Crippen LogP contribution < -0.4 is 5.32 Å². The third kappa shape index (κ3) is 3.32. The van der Waals surface area contributed by atoms with Crippen molar-refractivity contribution in [3.05, 3.63) is 17.0 Å². The van der Waals surface area contributed by atoms with Gasteiger partial charge in [0.1, 0.15) is 5.82 Å². The minimum atomic E-state index is -0.391. The van der Waals surface area contributed by atoms with E-state index in [2.05, 4.69) is 15.3 Å². The molecule has 4 nitrogen and oxygen atoms in total. The minimum Gasteiger partial charge on any atom is -0.391 e. The molecule has 1 rings (SSSR count). The molecule has 1 aromatic rings. The van der Waals surface area contributed by atoms with Crippen LogP contribution in [0.15, 0.2) is 6.20 Å². The summed E-state index contributed by atoms with van der Waals surface area (Å²) in [5.74, 6) is 0.676. The third-order valence-corrected chi connectivity index (χ3v) is 2.48. The number of aliphatic hydroxyl groups is 1. The normalized spacial score (nSPS) is 14.7. The first-order valence-electron chi connectivity index (χ1n) is 4.98. The fourth-order valence-electron chi connectivity index (χ4n) is 1.23. The summed E-state index contributed by atoms with van der Waals surface area (Å²) in [5.41, 5.74) is 0.912. The molecule has 5 heteroatoms. The highest BCUT2D eigenvalue weighted by atomic mass is 35.5. The molecule has 0 aliphatic heterocycles. The maximum absolute atomic E-state index is 9.61. The van der Waals surface area contributed by atoms with E-state index in [1.807, 2.05) is 20.8 Å². The van der Waals surface area contributed by atoms with Gasteiger partial charge in [-0.2, -0.15) is 0 Å². The fourth-order valence-corrected chi connectivity index (χ4v) is 1.37. The van der Waals surface area contributed by atoms with Gasteiger partial charge in [-0.25, -0.2) is 9.97 Å². The van der Waals surface area contributed by atoms with Gasteiger partial charge in [-0.15, -0.1) is 0 Å². The summed E-state index contributed by atoms with van der Waals surface area (Å²) in [7, 11) is 0. The summed E-state index contributed by atoms with van der Waals surface area (Å²) in [5, 5.41) is 12.9. The van der Waals surface area contributed by atoms with Crippen LogP contribution in [-0.2, 0) is 0 Å². The second kappa shape index (κ2) is 5.28. The zero-order chi connectivity index (χ0) is 11.4. The van der Waals surface area contributed by atoms with Gasteiger partial charge in [0.05, 0.1) is 12.1 Å². The Balaban J connectivity index is 2.75. The third-order valence-electron chi connectivity index (χ3n) is 2.30. The lowest BCUT2D eigenvalue weighted by Gasteiger charge is -2.20. The van der Waals surface area contributed by atoms with E-state index in [4.69, 9.17) is 11.6 Å². The number of nitrogens with one attached hydrogen (secondary N) is 1. The highest BCUT2D eigenvalue weighted by molar-refractivity contribution is 6.28. The lowest BCUT2D eigenvalue weighted by atomic mass is 10.1. The Hall–Kier alpha value is -0.870. The van der Waals surface area contributed by atoms with E-state index >= 15 is 0 Å². The van der Waals surface area contributed by atoms with Crippen molar-refractivity contribution in [2.45, 2.75) is 39.3 Å². The van der Waals surface area contributed by atoms with Gasteiger partial charge in [0, 0.05) is 11.8 Å². The second-order valence-corrected chi connectivity index (χ2v) is 3.92. The zero-order valence-electron chi connectivity index (χ0n) is 9.16. The number of nitrogens with zero attached hydrogens (tertiary/aromatic N) is 2. The lowest BCUT2D eigenvalue weighted by molar-refractivity contribution is 0.154. The Bertz CT molecular complexity index is 332. The first-order chi connectivity index (χ1) is 7.04. The van der Waals surface area contributed by atoms with Crippen LogP contribution in [0.1, 0.15) is 25.8 Å². The Morgan fingerprint density at radius 1 is 1.60 bits per heavy atom. The number of aryl methyl sites for hydroxylation is 1. The Labute approximate surface area is 94.7 Å². The van der Waals surface area contributed by atoms with Gasteiger partial charge >= 0.3 is 0 Å². The standard InChI is InChI=1S/C10H16ClN3O/c1-4-8(15)7(3)13-9-6(2)5-12-10(11)14-9/h5,7-8,15H,4H2,1-3H3,(H,12,13,14). The van der Waals surface area contributed by atoms with Crippen LogP contribution in [0.5, 0.6) is 0 Å². The number of hydrogen-bond donors (Lipinski definition) is 2. The summed E-state index contributed by atoms with van der Waals surface area (Å²) in [6.07, 6.45) is 1.97. The summed E-state index contributed by atoms with van der Waals surface area (Å²) < 4.78 is 0. The number of rotatable bonds is 4. The molecule has 0 saturated heterocycles. The molecule has 2 N–H and O–H groups in total. The molecule has 15 heavy (non-hydrogen) atoms. The van der Waals surface area contributed by atoms with Gasteiger partial charge in [0.2, 0.25) is 5.28 Å². The number of halogens is 1. The molecule has 0 radical (unpaired) electrons. The Kier molecular flexibility index (Phi) is 4.29. The molecule has 0 bridgehead atoms. The highest BCUT2D eigenvalue weighted by Gasteiger charge is 2.13. The van der Waals surface area contributed by atoms with Gasteiger partial charge in [0.25, 0.3) is 0 Å². The molecular weight excluding hydrogens is 214 g/mol. The number of anilines is 1.